The van der Waals surface area contributed by atoms with Gasteiger partial charge in [0.2, 0.25) is 11.8 Å². The largest absolute Gasteiger partial charge is 0.383 e. The molecule has 0 saturated carbocycles. The van der Waals surface area contributed by atoms with Crippen molar-refractivity contribution in [2.75, 3.05) is 27.3 Å². The van der Waals surface area contributed by atoms with Crippen LogP contribution >= 0.6 is 0 Å². The molecule has 0 spiro atoms. The van der Waals surface area contributed by atoms with E-state index in [1.54, 1.807) is 40.8 Å². The van der Waals surface area contributed by atoms with Crippen molar-refractivity contribution in [1.82, 2.24) is 19.6 Å². The van der Waals surface area contributed by atoms with Crippen LogP contribution in [0.15, 0.2) is 30.5 Å². The van der Waals surface area contributed by atoms with E-state index < -0.39 is 12.0 Å². The molecule has 2 heterocycles. The minimum atomic E-state index is -0.452. The summed E-state index contributed by atoms with van der Waals surface area (Å²) in [5, 5.41) is 4.34. The first-order valence-corrected chi connectivity index (χ1v) is 10.1. The normalized spacial score (nSPS) is 19.2. The second kappa shape index (κ2) is 9.38. The van der Waals surface area contributed by atoms with Crippen LogP contribution in [0.3, 0.4) is 0 Å². The third kappa shape index (κ3) is 4.70. The zero-order valence-electron chi connectivity index (χ0n) is 18.0. The maximum Gasteiger partial charge on any atom is 0.228 e. The molecule has 2 aromatic rings. The molecule has 0 bridgehead atoms. The smallest absolute Gasteiger partial charge is 0.228 e. The average molecular weight is 416 g/mol. The van der Waals surface area contributed by atoms with Crippen molar-refractivity contribution in [3.63, 3.8) is 0 Å². The molecule has 1 fully saturated rings. The van der Waals surface area contributed by atoms with Gasteiger partial charge in [0.05, 0.1) is 24.3 Å². The predicted octanol–water partition coefficient (Wildman–Crippen LogP) is 2.45. The average Bonchev–Trinajstić information content (AvgIpc) is 3.03. The lowest BCUT2D eigenvalue weighted by molar-refractivity contribution is -0.148. The van der Waals surface area contributed by atoms with Crippen molar-refractivity contribution in [3.05, 3.63) is 53.1 Å². The molecule has 1 aliphatic heterocycles. The van der Waals surface area contributed by atoms with E-state index in [1.807, 2.05) is 20.2 Å². The summed E-state index contributed by atoms with van der Waals surface area (Å²) in [7, 11) is 5.20. The summed E-state index contributed by atoms with van der Waals surface area (Å²) >= 11 is 0. The van der Waals surface area contributed by atoms with Crippen molar-refractivity contribution < 1.29 is 18.7 Å². The van der Waals surface area contributed by atoms with Crippen molar-refractivity contribution in [2.45, 2.75) is 32.4 Å². The first-order valence-electron chi connectivity index (χ1n) is 10.1. The minimum absolute atomic E-state index is 0.0174. The highest BCUT2D eigenvalue weighted by molar-refractivity contribution is 5.85. The monoisotopic (exact) mass is 416 g/mol. The van der Waals surface area contributed by atoms with Gasteiger partial charge in [-0.1, -0.05) is 12.1 Å². The van der Waals surface area contributed by atoms with Gasteiger partial charge in [-0.25, -0.2) is 4.39 Å². The van der Waals surface area contributed by atoms with Gasteiger partial charge in [-0.2, -0.15) is 5.10 Å². The van der Waals surface area contributed by atoms with Gasteiger partial charge in [-0.15, -0.1) is 0 Å². The van der Waals surface area contributed by atoms with E-state index in [0.717, 1.165) is 16.8 Å². The van der Waals surface area contributed by atoms with Gasteiger partial charge >= 0.3 is 0 Å². The van der Waals surface area contributed by atoms with Crippen LogP contribution in [-0.4, -0.2) is 58.7 Å². The first-order chi connectivity index (χ1) is 14.3. The van der Waals surface area contributed by atoms with Crippen LogP contribution in [0, 0.1) is 18.7 Å². The third-order valence-electron chi connectivity index (χ3n) is 5.67. The zero-order chi connectivity index (χ0) is 21.8. The molecule has 2 amide bonds. The molecule has 1 aromatic carbocycles. The summed E-state index contributed by atoms with van der Waals surface area (Å²) < 4.78 is 20.4. The Morgan fingerprint density at radius 3 is 2.63 bits per heavy atom. The fourth-order valence-corrected chi connectivity index (χ4v) is 4.16. The first kappa shape index (κ1) is 22.0. The number of hydrogen-bond donors (Lipinski definition) is 0. The number of carbonyl (C=O) groups is 2. The molecular formula is C22H29FN4O3. The highest BCUT2D eigenvalue weighted by atomic mass is 19.1. The Kier molecular flexibility index (Phi) is 6.87. The SMILES string of the molecule is COCCN1C(=O)CC[C@@H](C(=O)N(C)Cc2cn(C)nc2C)[C@@H]1c1ccc(F)cc1. The summed E-state index contributed by atoms with van der Waals surface area (Å²) in [5.74, 6) is -0.818. The molecule has 7 nitrogen and oxygen atoms in total. The van der Waals surface area contributed by atoms with Crippen LogP contribution in [0.4, 0.5) is 4.39 Å². The Morgan fingerprint density at radius 1 is 1.33 bits per heavy atom. The maximum absolute atomic E-state index is 13.5. The van der Waals surface area contributed by atoms with E-state index in [9.17, 15) is 14.0 Å². The Bertz CT molecular complexity index is 896. The highest BCUT2D eigenvalue weighted by Crippen LogP contribution is 2.38. The quantitative estimate of drug-likeness (QED) is 0.695. The molecule has 0 unspecified atom stereocenters. The lowest BCUT2D eigenvalue weighted by atomic mass is 9.83. The summed E-state index contributed by atoms with van der Waals surface area (Å²) in [5.41, 5.74) is 2.62. The van der Waals surface area contributed by atoms with E-state index in [2.05, 4.69) is 5.10 Å². The topological polar surface area (TPSA) is 67.7 Å². The molecule has 0 radical (unpaired) electrons. The second-order valence-corrected chi connectivity index (χ2v) is 7.83. The molecule has 3 rings (SSSR count). The number of hydrogen-bond acceptors (Lipinski definition) is 4. The van der Waals surface area contributed by atoms with Crippen LogP contribution < -0.4 is 0 Å². The molecule has 0 N–H and O–H groups in total. The fraction of sp³-hybridized carbons (Fsp3) is 0.500. The number of methoxy groups -OCH3 is 1. The Labute approximate surface area is 176 Å². The number of carbonyl (C=O) groups excluding carboxylic acids is 2. The lowest BCUT2D eigenvalue weighted by Gasteiger charge is -2.42. The van der Waals surface area contributed by atoms with Crippen LogP contribution in [0.5, 0.6) is 0 Å². The van der Waals surface area contributed by atoms with E-state index in [1.165, 1.54) is 12.1 Å². The Morgan fingerprint density at radius 2 is 2.03 bits per heavy atom. The molecule has 8 heteroatoms. The van der Waals surface area contributed by atoms with Gasteiger partial charge in [0.25, 0.3) is 0 Å². The van der Waals surface area contributed by atoms with Crippen molar-refractivity contribution in [1.29, 1.82) is 0 Å². The van der Waals surface area contributed by atoms with Gasteiger partial charge in [0.1, 0.15) is 5.82 Å². The predicted molar refractivity (Wildman–Crippen MR) is 110 cm³/mol. The fourth-order valence-electron chi connectivity index (χ4n) is 4.16. The van der Waals surface area contributed by atoms with E-state index >= 15 is 0 Å². The van der Waals surface area contributed by atoms with Crippen molar-refractivity contribution in [2.24, 2.45) is 13.0 Å². The van der Waals surface area contributed by atoms with E-state index in [4.69, 9.17) is 4.74 Å². The molecule has 162 valence electrons. The summed E-state index contributed by atoms with van der Waals surface area (Å²) in [6.45, 7) is 3.11. The standard InChI is InChI=1S/C22H29FN4O3/c1-15-17(14-26(3)24-15)13-25(2)22(29)19-9-10-20(28)27(11-12-30-4)21(19)16-5-7-18(23)8-6-16/h5-8,14,19,21H,9-13H2,1-4H3/t19-,21+/m1/s1. The molecule has 1 aromatic heterocycles. The second-order valence-electron chi connectivity index (χ2n) is 7.83. The maximum atomic E-state index is 13.5. The van der Waals surface area contributed by atoms with Crippen LogP contribution in [0.2, 0.25) is 0 Å². The van der Waals surface area contributed by atoms with Crippen molar-refractivity contribution >= 4 is 11.8 Å². The van der Waals surface area contributed by atoms with Crippen LogP contribution in [0.25, 0.3) is 0 Å². The summed E-state index contributed by atoms with van der Waals surface area (Å²) in [6, 6.07) is 5.60. The lowest BCUT2D eigenvalue weighted by Crippen LogP contribution is -2.49. The van der Waals surface area contributed by atoms with Gasteiger partial charge in [-0.3, -0.25) is 14.3 Å². The third-order valence-corrected chi connectivity index (χ3v) is 5.67. The number of aromatic nitrogens is 2. The summed E-state index contributed by atoms with van der Waals surface area (Å²) in [4.78, 5) is 29.5. The number of benzene rings is 1. The van der Waals surface area contributed by atoms with Gasteiger partial charge in [0, 0.05) is 52.5 Å². The molecular weight excluding hydrogens is 387 g/mol. The van der Waals surface area contributed by atoms with Crippen LogP contribution in [-0.2, 0) is 27.9 Å². The van der Waals surface area contributed by atoms with E-state index in [0.29, 0.717) is 32.5 Å². The Balaban J connectivity index is 1.88. The van der Waals surface area contributed by atoms with Crippen LogP contribution in [0.1, 0.15) is 35.7 Å². The number of rotatable bonds is 7. The zero-order valence-corrected chi connectivity index (χ0v) is 18.0. The molecule has 30 heavy (non-hydrogen) atoms. The number of likely N-dealkylation sites (tertiary alicyclic amines) is 1. The number of aryl methyl sites for hydroxylation is 2. The van der Waals surface area contributed by atoms with E-state index in [-0.39, 0.29) is 17.6 Å². The van der Waals surface area contributed by atoms with Gasteiger partial charge in [0.15, 0.2) is 0 Å². The molecule has 1 saturated heterocycles. The number of nitrogens with zero attached hydrogens (tertiary/aromatic N) is 4. The number of halogens is 1. The van der Waals surface area contributed by atoms with Crippen molar-refractivity contribution in [3.8, 4) is 0 Å². The van der Waals surface area contributed by atoms with Gasteiger partial charge in [-0.05, 0) is 31.0 Å². The highest BCUT2D eigenvalue weighted by Gasteiger charge is 2.41. The minimum Gasteiger partial charge on any atom is -0.383 e. The molecule has 2 atom stereocenters. The Hall–Kier alpha value is -2.74. The number of piperidine rings is 1. The molecule has 1 aliphatic rings. The molecule has 0 aliphatic carbocycles. The number of amides is 2. The number of ether oxygens (including phenoxy) is 1. The van der Waals surface area contributed by atoms with Gasteiger partial charge < -0.3 is 14.5 Å². The summed E-state index contributed by atoms with van der Waals surface area (Å²) in [6.07, 6.45) is 2.67.